The van der Waals surface area contributed by atoms with E-state index in [2.05, 4.69) is 34.7 Å². The van der Waals surface area contributed by atoms with E-state index in [4.69, 9.17) is 5.73 Å². The van der Waals surface area contributed by atoms with Crippen LogP contribution in [0.2, 0.25) is 0 Å². The van der Waals surface area contributed by atoms with Crippen molar-refractivity contribution >= 4 is 15.9 Å². The molecule has 0 spiro atoms. The summed E-state index contributed by atoms with van der Waals surface area (Å²) in [5, 5.41) is 0. The van der Waals surface area contributed by atoms with Gasteiger partial charge in [-0.25, -0.2) is 4.39 Å². The van der Waals surface area contributed by atoms with Crippen LogP contribution < -0.4 is 5.73 Å². The van der Waals surface area contributed by atoms with Gasteiger partial charge in [-0.1, -0.05) is 19.9 Å². The fourth-order valence-electron chi connectivity index (χ4n) is 2.86. The lowest BCUT2D eigenvalue weighted by atomic mass is 9.95. The average Bonchev–Trinajstić information content (AvgIpc) is 2.84. The van der Waals surface area contributed by atoms with E-state index >= 15 is 0 Å². The topological polar surface area (TPSA) is 29.3 Å². The SMILES string of the molecule is CC(C)C1CCN(C(CN)c2ccc(Br)c(F)c2)C1. The van der Waals surface area contributed by atoms with Crippen LogP contribution >= 0.6 is 15.9 Å². The second-order valence-corrected chi connectivity index (χ2v) is 6.57. The second kappa shape index (κ2) is 6.33. The number of likely N-dealkylation sites (tertiary alicyclic amines) is 1. The van der Waals surface area contributed by atoms with E-state index in [9.17, 15) is 4.39 Å². The highest BCUT2D eigenvalue weighted by Crippen LogP contribution is 2.31. The number of rotatable bonds is 4. The summed E-state index contributed by atoms with van der Waals surface area (Å²) in [5.74, 6) is 1.22. The number of hydrogen-bond acceptors (Lipinski definition) is 2. The maximum Gasteiger partial charge on any atom is 0.137 e. The van der Waals surface area contributed by atoms with Crippen molar-refractivity contribution in [2.24, 2.45) is 17.6 Å². The second-order valence-electron chi connectivity index (χ2n) is 5.71. The average molecular weight is 329 g/mol. The molecule has 2 nitrogen and oxygen atoms in total. The highest BCUT2D eigenvalue weighted by molar-refractivity contribution is 9.10. The van der Waals surface area contributed by atoms with Gasteiger partial charge in [0.1, 0.15) is 5.82 Å². The summed E-state index contributed by atoms with van der Waals surface area (Å²) >= 11 is 3.19. The van der Waals surface area contributed by atoms with Gasteiger partial charge in [0.2, 0.25) is 0 Å². The molecule has 19 heavy (non-hydrogen) atoms. The molecule has 0 aromatic heterocycles. The Bertz CT molecular complexity index is 436. The van der Waals surface area contributed by atoms with E-state index in [0.717, 1.165) is 24.6 Å². The van der Waals surface area contributed by atoms with E-state index < -0.39 is 0 Å². The summed E-state index contributed by atoms with van der Waals surface area (Å²) in [6.45, 7) is 7.20. The Morgan fingerprint density at radius 1 is 1.47 bits per heavy atom. The quantitative estimate of drug-likeness (QED) is 0.915. The molecule has 2 N–H and O–H groups in total. The first-order valence-electron chi connectivity index (χ1n) is 6.92. The van der Waals surface area contributed by atoms with Crippen LogP contribution in [0.3, 0.4) is 0 Å². The van der Waals surface area contributed by atoms with Crippen LogP contribution in [0.4, 0.5) is 4.39 Å². The molecule has 0 radical (unpaired) electrons. The summed E-state index contributed by atoms with van der Waals surface area (Å²) in [4.78, 5) is 2.40. The lowest BCUT2D eigenvalue weighted by Crippen LogP contribution is -2.32. The summed E-state index contributed by atoms with van der Waals surface area (Å²) in [5.41, 5.74) is 6.90. The lowest BCUT2D eigenvalue weighted by molar-refractivity contribution is 0.231. The van der Waals surface area contributed by atoms with Gasteiger partial charge in [0.05, 0.1) is 4.47 Å². The summed E-state index contributed by atoms with van der Waals surface area (Å²) in [6.07, 6.45) is 1.22. The van der Waals surface area contributed by atoms with Gasteiger partial charge in [-0.2, -0.15) is 0 Å². The summed E-state index contributed by atoms with van der Waals surface area (Å²) < 4.78 is 14.2. The monoisotopic (exact) mass is 328 g/mol. The zero-order valence-electron chi connectivity index (χ0n) is 11.6. The molecule has 1 heterocycles. The summed E-state index contributed by atoms with van der Waals surface area (Å²) in [6, 6.07) is 5.47. The molecular formula is C15H22BrFN2. The molecule has 0 bridgehead atoms. The molecule has 1 fully saturated rings. The zero-order valence-corrected chi connectivity index (χ0v) is 13.2. The molecule has 1 aromatic rings. The van der Waals surface area contributed by atoms with Gasteiger partial charge < -0.3 is 5.73 Å². The van der Waals surface area contributed by atoms with Crippen LogP contribution in [0.5, 0.6) is 0 Å². The Kier molecular flexibility index (Phi) is 4.98. The maximum atomic E-state index is 13.7. The highest BCUT2D eigenvalue weighted by atomic mass is 79.9. The smallest absolute Gasteiger partial charge is 0.137 e. The molecular weight excluding hydrogens is 307 g/mol. The van der Waals surface area contributed by atoms with Gasteiger partial charge >= 0.3 is 0 Å². The zero-order chi connectivity index (χ0) is 14.0. The van der Waals surface area contributed by atoms with Gasteiger partial charge in [-0.05, 0) is 58.4 Å². The van der Waals surface area contributed by atoms with Gasteiger partial charge in [0.15, 0.2) is 0 Å². The molecule has 106 valence electrons. The molecule has 2 atom stereocenters. The number of nitrogens with zero attached hydrogens (tertiary/aromatic N) is 1. The normalized spacial score (nSPS) is 22.1. The fourth-order valence-corrected chi connectivity index (χ4v) is 3.10. The number of hydrogen-bond donors (Lipinski definition) is 1. The first-order chi connectivity index (χ1) is 9.02. The molecule has 4 heteroatoms. The van der Waals surface area contributed by atoms with E-state index in [1.807, 2.05) is 6.07 Å². The standard InChI is InChI=1S/C15H22BrFN2/c1-10(2)12-5-6-19(9-12)15(8-18)11-3-4-13(16)14(17)7-11/h3-4,7,10,12,15H,5-6,8-9,18H2,1-2H3. The minimum Gasteiger partial charge on any atom is -0.329 e. The molecule has 1 aromatic carbocycles. The van der Waals surface area contributed by atoms with Crippen LogP contribution in [-0.2, 0) is 0 Å². The fraction of sp³-hybridized carbons (Fsp3) is 0.600. The van der Waals surface area contributed by atoms with Crippen molar-refractivity contribution in [3.05, 3.63) is 34.1 Å². The lowest BCUT2D eigenvalue weighted by Gasteiger charge is -2.27. The molecule has 1 aliphatic heterocycles. The van der Waals surface area contributed by atoms with Crippen molar-refractivity contribution in [3.8, 4) is 0 Å². The van der Waals surface area contributed by atoms with Crippen molar-refractivity contribution in [2.75, 3.05) is 19.6 Å². The van der Waals surface area contributed by atoms with Crippen LogP contribution in [-0.4, -0.2) is 24.5 Å². The predicted octanol–water partition coefficient (Wildman–Crippen LogP) is 3.57. The highest BCUT2D eigenvalue weighted by Gasteiger charge is 2.30. The first-order valence-corrected chi connectivity index (χ1v) is 7.71. The molecule has 1 aliphatic rings. The van der Waals surface area contributed by atoms with Crippen molar-refractivity contribution in [3.63, 3.8) is 0 Å². The molecule has 2 rings (SSSR count). The van der Waals surface area contributed by atoms with Gasteiger partial charge in [0, 0.05) is 19.1 Å². The molecule has 0 amide bonds. The van der Waals surface area contributed by atoms with Crippen LogP contribution in [0.15, 0.2) is 22.7 Å². The Balaban J connectivity index is 2.14. The van der Waals surface area contributed by atoms with Crippen LogP contribution in [0.1, 0.15) is 31.9 Å². The van der Waals surface area contributed by atoms with Crippen molar-refractivity contribution in [1.29, 1.82) is 0 Å². The van der Waals surface area contributed by atoms with Gasteiger partial charge in [-0.15, -0.1) is 0 Å². The Labute approximate surface area is 123 Å². The molecule has 0 aliphatic carbocycles. The van der Waals surface area contributed by atoms with E-state index in [1.165, 1.54) is 6.42 Å². The Morgan fingerprint density at radius 2 is 2.21 bits per heavy atom. The maximum absolute atomic E-state index is 13.7. The van der Waals surface area contributed by atoms with Crippen molar-refractivity contribution in [1.82, 2.24) is 4.90 Å². The summed E-state index contributed by atoms with van der Waals surface area (Å²) in [7, 11) is 0. The Hall–Kier alpha value is -0.450. The minimum absolute atomic E-state index is 0.131. The van der Waals surface area contributed by atoms with E-state index in [1.54, 1.807) is 12.1 Å². The van der Waals surface area contributed by atoms with Crippen LogP contribution in [0, 0.1) is 17.7 Å². The number of nitrogens with two attached hydrogens (primary N) is 1. The van der Waals surface area contributed by atoms with Crippen molar-refractivity contribution in [2.45, 2.75) is 26.3 Å². The van der Waals surface area contributed by atoms with E-state index in [-0.39, 0.29) is 11.9 Å². The largest absolute Gasteiger partial charge is 0.329 e. The van der Waals surface area contributed by atoms with Crippen molar-refractivity contribution < 1.29 is 4.39 Å². The first kappa shape index (κ1) is 14.9. The third kappa shape index (κ3) is 3.36. The number of benzene rings is 1. The number of halogens is 2. The molecule has 2 unspecified atom stereocenters. The third-order valence-electron chi connectivity index (χ3n) is 4.19. The van der Waals surface area contributed by atoms with Crippen LogP contribution in [0.25, 0.3) is 0 Å². The Morgan fingerprint density at radius 3 is 2.74 bits per heavy atom. The molecule has 0 saturated carbocycles. The third-order valence-corrected chi connectivity index (χ3v) is 4.83. The van der Waals surface area contributed by atoms with Gasteiger partial charge in [0.25, 0.3) is 0 Å². The predicted molar refractivity (Wildman–Crippen MR) is 80.4 cm³/mol. The van der Waals surface area contributed by atoms with E-state index in [0.29, 0.717) is 16.9 Å². The molecule has 1 saturated heterocycles. The van der Waals surface area contributed by atoms with Gasteiger partial charge in [-0.3, -0.25) is 4.90 Å². The minimum atomic E-state index is -0.212.